The number of benzene rings is 2. The van der Waals surface area contributed by atoms with Crippen molar-refractivity contribution in [3.63, 3.8) is 0 Å². The SMILES string of the molecule is C=CCCc1cc(-c2ccccc2)cc(-c2ccccc2)n1. The summed E-state index contributed by atoms with van der Waals surface area (Å²) in [4.78, 5) is 4.82. The highest BCUT2D eigenvalue weighted by atomic mass is 14.7. The van der Waals surface area contributed by atoms with E-state index in [4.69, 9.17) is 4.98 Å². The number of pyridine rings is 1. The van der Waals surface area contributed by atoms with E-state index >= 15 is 0 Å². The zero-order chi connectivity index (χ0) is 15.2. The van der Waals surface area contributed by atoms with E-state index in [1.165, 1.54) is 11.1 Å². The average molecular weight is 285 g/mol. The number of nitrogens with zero attached hydrogens (tertiary/aromatic N) is 1. The van der Waals surface area contributed by atoms with Crippen LogP contribution in [0, 0.1) is 0 Å². The number of aryl methyl sites for hydroxylation is 1. The van der Waals surface area contributed by atoms with Gasteiger partial charge in [-0.15, -0.1) is 6.58 Å². The minimum absolute atomic E-state index is 0.921. The van der Waals surface area contributed by atoms with Crippen LogP contribution in [0.25, 0.3) is 22.4 Å². The van der Waals surface area contributed by atoms with Crippen molar-refractivity contribution in [3.05, 3.63) is 91.1 Å². The minimum atomic E-state index is 0.921. The lowest BCUT2D eigenvalue weighted by Gasteiger charge is -2.09. The molecule has 0 atom stereocenters. The van der Waals surface area contributed by atoms with E-state index in [-0.39, 0.29) is 0 Å². The fourth-order valence-electron chi connectivity index (χ4n) is 2.52. The first kappa shape index (κ1) is 14.3. The van der Waals surface area contributed by atoms with Crippen LogP contribution in [0.15, 0.2) is 85.5 Å². The van der Waals surface area contributed by atoms with Crippen molar-refractivity contribution in [1.29, 1.82) is 0 Å². The van der Waals surface area contributed by atoms with Crippen LogP contribution in [0.4, 0.5) is 0 Å². The predicted molar refractivity (Wildman–Crippen MR) is 93.6 cm³/mol. The van der Waals surface area contributed by atoms with Gasteiger partial charge in [0.2, 0.25) is 0 Å². The zero-order valence-electron chi connectivity index (χ0n) is 12.6. The van der Waals surface area contributed by atoms with Crippen molar-refractivity contribution in [2.24, 2.45) is 0 Å². The summed E-state index contributed by atoms with van der Waals surface area (Å²) in [5.41, 5.74) is 5.73. The molecule has 3 aromatic rings. The summed E-state index contributed by atoms with van der Waals surface area (Å²) >= 11 is 0. The van der Waals surface area contributed by atoms with Crippen LogP contribution < -0.4 is 0 Å². The maximum Gasteiger partial charge on any atom is 0.0711 e. The lowest BCUT2D eigenvalue weighted by atomic mass is 10.0. The van der Waals surface area contributed by atoms with Crippen molar-refractivity contribution in [3.8, 4) is 22.4 Å². The van der Waals surface area contributed by atoms with Crippen LogP contribution in [-0.4, -0.2) is 4.98 Å². The fraction of sp³-hybridized carbons (Fsp3) is 0.0952. The van der Waals surface area contributed by atoms with E-state index in [0.717, 1.165) is 29.8 Å². The highest BCUT2D eigenvalue weighted by Crippen LogP contribution is 2.26. The van der Waals surface area contributed by atoms with Crippen LogP contribution in [-0.2, 0) is 6.42 Å². The first-order valence-corrected chi connectivity index (χ1v) is 7.59. The van der Waals surface area contributed by atoms with E-state index < -0.39 is 0 Å². The molecule has 22 heavy (non-hydrogen) atoms. The van der Waals surface area contributed by atoms with Gasteiger partial charge in [-0.2, -0.15) is 0 Å². The molecule has 0 spiro atoms. The van der Waals surface area contributed by atoms with Crippen LogP contribution >= 0.6 is 0 Å². The number of allylic oxidation sites excluding steroid dienone is 1. The average Bonchev–Trinajstić information content (AvgIpc) is 2.61. The molecule has 0 unspecified atom stereocenters. The van der Waals surface area contributed by atoms with Gasteiger partial charge < -0.3 is 0 Å². The largest absolute Gasteiger partial charge is 0.253 e. The van der Waals surface area contributed by atoms with Gasteiger partial charge in [-0.1, -0.05) is 66.7 Å². The summed E-state index contributed by atoms with van der Waals surface area (Å²) in [5.74, 6) is 0. The number of rotatable bonds is 5. The Hall–Kier alpha value is -2.67. The molecule has 2 aromatic carbocycles. The van der Waals surface area contributed by atoms with Gasteiger partial charge >= 0.3 is 0 Å². The lowest BCUT2D eigenvalue weighted by molar-refractivity contribution is 0.948. The second-order valence-electron chi connectivity index (χ2n) is 5.29. The summed E-state index contributed by atoms with van der Waals surface area (Å²) < 4.78 is 0. The molecule has 0 fully saturated rings. The molecule has 0 aliphatic heterocycles. The van der Waals surface area contributed by atoms with E-state index in [1.54, 1.807) is 0 Å². The molecule has 1 heterocycles. The third kappa shape index (κ3) is 3.32. The van der Waals surface area contributed by atoms with Gasteiger partial charge in [-0.05, 0) is 36.1 Å². The van der Waals surface area contributed by atoms with Crippen molar-refractivity contribution in [1.82, 2.24) is 4.98 Å². The quantitative estimate of drug-likeness (QED) is 0.561. The van der Waals surface area contributed by atoms with Crippen molar-refractivity contribution < 1.29 is 0 Å². The van der Waals surface area contributed by atoms with Crippen molar-refractivity contribution in [2.45, 2.75) is 12.8 Å². The van der Waals surface area contributed by atoms with Gasteiger partial charge in [0, 0.05) is 11.3 Å². The van der Waals surface area contributed by atoms with Crippen molar-refractivity contribution >= 4 is 0 Å². The van der Waals surface area contributed by atoms with E-state index in [2.05, 4.69) is 67.2 Å². The number of hydrogen-bond acceptors (Lipinski definition) is 1. The van der Waals surface area contributed by atoms with Crippen LogP contribution in [0.3, 0.4) is 0 Å². The molecular formula is C21H19N. The van der Waals surface area contributed by atoms with Gasteiger partial charge in [0.15, 0.2) is 0 Å². The van der Waals surface area contributed by atoms with Crippen LogP contribution in [0.5, 0.6) is 0 Å². The van der Waals surface area contributed by atoms with Gasteiger partial charge in [-0.3, -0.25) is 4.98 Å². The molecule has 0 radical (unpaired) electrons. The Morgan fingerprint density at radius 2 is 1.41 bits per heavy atom. The predicted octanol–water partition coefficient (Wildman–Crippen LogP) is 5.53. The van der Waals surface area contributed by atoms with Crippen LogP contribution in [0.2, 0.25) is 0 Å². The topological polar surface area (TPSA) is 12.9 Å². The first-order valence-electron chi connectivity index (χ1n) is 7.59. The maximum atomic E-state index is 4.82. The zero-order valence-corrected chi connectivity index (χ0v) is 12.6. The van der Waals surface area contributed by atoms with Gasteiger partial charge in [0.25, 0.3) is 0 Å². The fourth-order valence-corrected chi connectivity index (χ4v) is 2.52. The van der Waals surface area contributed by atoms with Gasteiger partial charge in [-0.25, -0.2) is 0 Å². The molecule has 0 aliphatic carbocycles. The molecule has 0 saturated heterocycles. The van der Waals surface area contributed by atoms with Crippen LogP contribution in [0.1, 0.15) is 12.1 Å². The number of aromatic nitrogens is 1. The Bertz CT molecular complexity index is 688. The second kappa shape index (κ2) is 6.86. The molecule has 1 nitrogen and oxygen atoms in total. The van der Waals surface area contributed by atoms with Gasteiger partial charge in [0.05, 0.1) is 5.69 Å². The monoisotopic (exact) mass is 285 g/mol. The maximum absolute atomic E-state index is 4.82. The molecule has 0 saturated carbocycles. The van der Waals surface area contributed by atoms with E-state index in [9.17, 15) is 0 Å². The Morgan fingerprint density at radius 3 is 2.05 bits per heavy atom. The third-order valence-electron chi connectivity index (χ3n) is 3.66. The Morgan fingerprint density at radius 1 is 0.773 bits per heavy atom. The normalized spacial score (nSPS) is 10.4. The Kier molecular flexibility index (Phi) is 4.45. The number of hydrogen-bond donors (Lipinski definition) is 0. The third-order valence-corrected chi connectivity index (χ3v) is 3.66. The summed E-state index contributed by atoms with van der Waals surface area (Å²) in [7, 11) is 0. The molecule has 1 heteroatoms. The van der Waals surface area contributed by atoms with Crippen molar-refractivity contribution in [2.75, 3.05) is 0 Å². The lowest BCUT2D eigenvalue weighted by Crippen LogP contribution is -1.94. The second-order valence-corrected chi connectivity index (χ2v) is 5.29. The molecule has 108 valence electrons. The highest BCUT2D eigenvalue weighted by molar-refractivity contribution is 5.71. The molecular weight excluding hydrogens is 266 g/mol. The summed E-state index contributed by atoms with van der Waals surface area (Å²) in [6.45, 7) is 3.81. The molecule has 0 bridgehead atoms. The first-order chi connectivity index (χ1) is 10.9. The van der Waals surface area contributed by atoms with E-state index in [0.29, 0.717) is 0 Å². The smallest absolute Gasteiger partial charge is 0.0711 e. The molecule has 1 aromatic heterocycles. The highest BCUT2D eigenvalue weighted by Gasteiger charge is 2.06. The summed E-state index contributed by atoms with van der Waals surface area (Å²) in [5, 5.41) is 0. The summed E-state index contributed by atoms with van der Waals surface area (Å²) in [6.07, 6.45) is 3.81. The van der Waals surface area contributed by atoms with Gasteiger partial charge in [0.1, 0.15) is 0 Å². The summed E-state index contributed by atoms with van der Waals surface area (Å²) in [6, 6.07) is 25.2. The molecule has 0 N–H and O–H groups in total. The molecule has 0 aliphatic rings. The van der Waals surface area contributed by atoms with E-state index in [1.807, 2.05) is 18.2 Å². The Labute approximate surface area is 132 Å². The molecule has 0 amide bonds. The molecule has 3 rings (SSSR count). The standard InChI is InChI=1S/C21H19N/c1-2-3-14-20-15-19(17-10-6-4-7-11-17)16-21(22-20)18-12-8-5-9-13-18/h2,4-13,15-16H,1,3,14H2. The Balaban J connectivity index is 2.08. The minimum Gasteiger partial charge on any atom is -0.253 e.